The molecule has 3 nitrogen and oxygen atoms in total. The van der Waals surface area contributed by atoms with Gasteiger partial charge in [0.2, 0.25) is 10.0 Å². The quantitative estimate of drug-likeness (QED) is 0.890. The molecule has 0 bridgehead atoms. The van der Waals surface area contributed by atoms with Crippen LogP contribution in [0.25, 0.3) is 0 Å². The SMILES string of the molecule is CC(C)(NS(C)(=O)=O)c1cccc(Cl)c1. The third-order valence-electron chi connectivity index (χ3n) is 1.99. The molecule has 1 aromatic rings. The lowest BCUT2D eigenvalue weighted by molar-refractivity contribution is 0.475. The Balaban J connectivity index is 3.06. The highest BCUT2D eigenvalue weighted by atomic mass is 35.5. The van der Waals surface area contributed by atoms with Crippen molar-refractivity contribution in [2.45, 2.75) is 19.4 Å². The van der Waals surface area contributed by atoms with Gasteiger partial charge in [-0.15, -0.1) is 0 Å². The van der Waals surface area contributed by atoms with Gasteiger partial charge in [0, 0.05) is 5.02 Å². The van der Waals surface area contributed by atoms with E-state index in [9.17, 15) is 8.42 Å². The summed E-state index contributed by atoms with van der Waals surface area (Å²) in [4.78, 5) is 0. The first-order chi connectivity index (χ1) is 6.71. The zero-order valence-electron chi connectivity index (χ0n) is 8.91. The first-order valence-corrected chi connectivity index (χ1v) is 6.73. The third-order valence-corrected chi connectivity index (χ3v) is 3.10. The fourth-order valence-electron chi connectivity index (χ4n) is 1.40. The van der Waals surface area contributed by atoms with Crippen molar-refractivity contribution in [3.63, 3.8) is 0 Å². The third kappa shape index (κ3) is 3.81. The van der Waals surface area contributed by atoms with Gasteiger partial charge in [-0.1, -0.05) is 23.7 Å². The lowest BCUT2D eigenvalue weighted by atomic mass is 9.96. The van der Waals surface area contributed by atoms with E-state index in [1.54, 1.807) is 32.0 Å². The van der Waals surface area contributed by atoms with Gasteiger partial charge in [0.25, 0.3) is 0 Å². The average Bonchev–Trinajstić information content (AvgIpc) is 1.99. The maximum absolute atomic E-state index is 11.2. The lowest BCUT2D eigenvalue weighted by Gasteiger charge is -2.25. The Morgan fingerprint density at radius 1 is 1.33 bits per heavy atom. The number of benzene rings is 1. The molecule has 0 saturated carbocycles. The van der Waals surface area contributed by atoms with Crippen molar-refractivity contribution >= 4 is 21.6 Å². The van der Waals surface area contributed by atoms with Crippen LogP contribution in [0.15, 0.2) is 24.3 Å². The minimum absolute atomic E-state index is 0.593. The summed E-state index contributed by atoms with van der Waals surface area (Å²) in [5, 5.41) is 0.593. The van der Waals surface area contributed by atoms with Crippen LogP contribution in [-0.2, 0) is 15.6 Å². The number of rotatable bonds is 3. The highest BCUT2D eigenvalue weighted by Crippen LogP contribution is 2.23. The van der Waals surface area contributed by atoms with E-state index in [-0.39, 0.29) is 0 Å². The molecule has 0 saturated heterocycles. The topological polar surface area (TPSA) is 46.2 Å². The van der Waals surface area contributed by atoms with Gasteiger partial charge in [-0.2, -0.15) is 0 Å². The molecule has 0 aliphatic heterocycles. The molecule has 0 amide bonds. The molecule has 0 fully saturated rings. The van der Waals surface area contributed by atoms with Gasteiger partial charge in [-0.05, 0) is 31.5 Å². The molecule has 1 N–H and O–H groups in total. The second-order valence-electron chi connectivity index (χ2n) is 4.01. The Morgan fingerprint density at radius 3 is 2.40 bits per heavy atom. The van der Waals surface area contributed by atoms with E-state index in [1.165, 1.54) is 0 Å². The maximum atomic E-state index is 11.2. The summed E-state index contributed by atoms with van der Waals surface area (Å²) in [5.41, 5.74) is 0.179. The summed E-state index contributed by atoms with van der Waals surface area (Å²) in [6.45, 7) is 3.58. The maximum Gasteiger partial charge on any atom is 0.209 e. The zero-order chi connectivity index (χ0) is 11.7. The molecule has 0 heterocycles. The van der Waals surface area contributed by atoms with Gasteiger partial charge in [-0.3, -0.25) is 0 Å². The first kappa shape index (κ1) is 12.5. The van der Waals surface area contributed by atoms with E-state index < -0.39 is 15.6 Å². The van der Waals surface area contributed by atoms with E-state index in [4.69, 9.17) is 11.6 Å². The number of nitrogens with one attached hydrogen (secondary N) is 1. The van der Waals surface area contributed by atoms with Crippen molar-refractivity contribution < 1.29 is 8.42 Å². The fraction of sp³-hybridized carbons (Fsp3) is 0.400. The van der Waals surface area contributed by atoms with E-state index in [0.29, 0.717) is 5.02 Å². The van der Waals surface area contributed by atoms with Crippen molar-refractivity contribution in [2.24, 2.45) is 0 Å². The first-order valence-electron chi connectivity index (χ1n) is 4.46. The van der Waals surface area contributed by atoms with Gasteiger partial charge < -0.3 is 0 Å². The van der Waals surface area contributed by atoms with Crippen molar-refractivity contribution in [2.75, 3.05) is 6.26 Å². The molecule has 1 aromatic carbocycles. The Kier molecular flexibility index (Phi) is 3.43. The largest absolute Gasteiger partial charge is 0.213 e. The van der Waals surface area contributed by atoms with Crippen LogP contribution in [-0.4, -0.2) is 14.7 Å². The molecular formula is C10H14ClNO2S. The van der Waals surface area contributed by atoms with Crippen molar-refractivity contribution in [3.05, 3.63) is 34.9 Å². The number of hydrogen-bond donors (Lipinski definition) is 1. The Labute approximate surface area is 95.5 Å². The highest BCUT2D eigenvalue weighted by Gasteiger charge is 2.24. The van der Waals surface area contributed by atoms with Gasteiger partial charge in [0.1, 0.15) is 0 Å². The Hall–Kier alpha value is -0.580. The molecule has 1 rings (SSSR count). The zero-order valence-corrected chi connectivity index (χ0v) is 10.5. The summed E-state index contributed by atoms with van der Waals surface area (Å²) in [6, 6.07) is 7.13. The van der Waals surface area contributed by atoms with Crippen LogP contribution in [0.5, 0.6) is 0 Å². The van der Waals surface area contributed by atoms with E-state index in [2.05, 4.69) is 4.72 Å². The molecule has 0 aromatic heterocycles. The molecule has 84 valence electrons. The number of hydrogen-bond acceptors (Lipinski definition) is 2. The molecule has 5 heteroatoms. The standard InChI is InChI=1S/C10H14ClNO2S/c1-10(2,12-15(3,13)14)8-5-4-6-9(11)7-8/h4-7,12H,1-3H3. The van der Waals surface area contributed by atoms with Crippen molar-refractivity contribution in [1.82, 2.24) is 4.72 Å². The summed E-state index contributed by atoms with van der Waals surface area (Å²) in [6.07, 6.45) is 1.14. The van der Waals surface area contributed by atoms with Gasteiger partial charge in [-0.25, -0.2) is 13.1 Å². The van der Waals surface area contributed by atoms with Crippen LogP contribution in [0.1, 0.15) is 19.4 Å². The van der Waals surface area contributed by atoms with Crippen LogP contribution in [0.3, 0.4) is 0 Å². The minimum atomic E-state index is -3.24. The molecule has 0 atom stereocenters. The molecule has 0 aliphatic carbocycles. The Bertz CT molecular complexity index is 454. The summed E-state index contributed by atoms with van der Waals surface area (Å²) >= 11 is 5.84. The van der Waals surface area contributed by atoms with Crippen LogP contribution in [0, 0.1) is 0 Å². The van der Waals surface area contributed by atoms with Crippen molar-refractivity contribution in [1.29, 1.82) is 0 Å². The van der Waals surface area contributed by atoms with Crippen LogP contribution in [0.2, 0.25) is 5.02 Å². The van der Waals surface area contributed by atoms with Crippen LogP contribution >= 0.6 is 11.6 Å². The van der Waals surface area contributed by atoms with E-state index in [0.717, 1.165) is 11.8 Å². The predicted octanol–water partition coefficient (Wildman–Crippen LogP) is 2.12. The van der Waals surface area contributed by atoms with Gasteiger partial charge >= 0.3 is 0 Å². The number of halogens is 1. The summed E-state index contributed by atoms with van der Waals surface area (Å²) < 4.78 is 24.9. The van der Waals surface area contributed by atoms with Gasteiger partial charge in [0.05, 0.1) is 11.8 Å². The minimum Gasteiger partial charge on any atom is -0.213 e. The van der Waals surface area contributed by atoms with Gasteiger partial charge in [0.15, 0.2) is 0 Å². The molecule has 0 spiro atoms. The smallest absolute Gasteiger partial charge is 0.209 e. The summed E-state index contributed by atoms with van der Waals surface area (Å²) in [5.74, 6) is 0. The summed E-state index contributed by atoms with van der Waals surface area (Å²) in [7, 11) is -3.24. The molecular weight excluding hydrogens is 234 g/mol. The predicted molar refractivity (Wildman–Crippen MR) is 62.5 cm³/mol. The number of sulfonamides is 1. The lowest BCUT2D eigenvalue weighted by Crippen LogP contribution is -2.40. The molecule has 0 unspecified atom stereocenters. The Morgan fingerprint density at radius 2 is 1.93 bits per heavy atom. The van der Waals surface area contributed by atoms with E-state index in [1.807, 2.05) is 6.07 Å². The van der Waals surface area contributed by atoms with Crippen molar-refractivity contribution in [3.8, 4) is 0 Å². The highest BCUT2D eigenvalue weighted by molar-refractivity contribution is 7.88. The molecule has 15 heavy (non-hydrogen) atoms. The van der Waals surface area contributed by atoms with Crippen LogP contribution in [0.4, 0.5) is 0 Å². The second-order valence-corrected chi connectivity index (χ2v) is 6.19. The molecule has 0 radical (unpaired) electrons. The van der Waals surface area contributed by atoms with Crippen LogP contribution < -0.4 is 4.72 Å². The fourth-order valence-corrected chi connectivity index (χ4v) is 2.63. The monoisotopic (exact) mass is 247 g/mol. The normalized spacial score (nSPS) is 12.8. The van der Waals surface area contributed by atoms with E-state index >= 15 is 0 Å². The second kappa shape index (κ2) is 4.12. The molecule has 0 aliphatic rings. The average molecular weight is 248 g/mol.